The smallest absolute Gasteiger partial charge is 0.161 e. The largest absolute Gasteiger partial charge is 0.493 e. The monoisotopic (exact) mass is 428 g/mol. The molecule has 1 aliphatic heterocycles. The molecular weight excluding hydrogens is 400 g/mol. The molecule has 1 aliphatic rings. The highest BCUT2D eigenvalue weighted by Gasteiger charge is 2.14. The Hall–Kier alpha value is -3.51. The third-order valence-corrected chi connectivity index (χ3v) is 6.25. The van der Waals surface area contributed by atoms with E-state index in [1.807, 2.05) is 18.3 Å². The molecule has 3 heterocycles. The van der Waals surface area contributed by atoms with Crippen molar-refractivity contribution < 1.29 is 9.47 Å². The molecule has 4 aromatic rings. The highest BCUT2D eigenvalue weighted by molar-refractivity contribution is 5.93. The van der Waals surface area contributed by atoms with E-state index in [1.165, 1.54) is 10.9 Å². The molecule has 32 heavy (non-hydrogen) atoms. The molecule has 0 atom stereocenters. The number of aromatic nitrogens is 2. The van der Waals surface area contributed by atoms with E-state index in [1.54, 1.807) is 14.2 Å². The van der Waals surface area contributed by atoms with Crippen molar-refractivity contribution in [2.24, 2.45) is 0 Å². The van der Waals surface area contributed by atoms with Gasteiger partial charge in [0.1, 0.15) is 5.82 Å². The van der Waals surface area contributed by atoms with Crippen LogP contribution < -0.4 is 19.7 Å². The number of benzene rings is 2. The van der Waals surface area contributed by atoms with Crippen molar-refractivity contribution in [2.75, 3.05) is 45.3 Å². The van der Waals surface area contributed by atoms with Crippen molar-refractivity contribution in [1.29, 1.82) is 0 Å². The van der Waals surface area contributed by atoms with Crippen LogP contribution in [0.25, 0.3) is 33.3 Å². The number of fused-ring (bicyclic) bond motifs is 1. The summed E-state index contributed by atoms with van der Waals surface area (Å²) >= 11 is 0. The average Bonchev–Trinajstić information content (AvgIpc) is 3.20. The van der Waals surface area contributed by atoms with Crippen molar-refractivity contribution in [3.05, 3.63) is 60.3 Å². The average molecular weight is 429 g/mol. The first kappa shape index (κ1) is 20.4. The molecule has 0 spiro atoms. The van der Waals surface area contributed by atoms with E-state index in [0.29, 0.717) is 0 Å². The molecule has 0 unspecified atom stereocenters. The number of methoxy groups -OCH3 is 2. The minimum Gasteiger partial charge on any atom is -0.493 e. The summed E-state index contributed by atoms with van der Waals surface area (Å²) in [5.41, 5.74) is 6.75. The van der Waals surface area contributed by atoms with Gasteiger partial charge in [-0.3, -0.25) is 0 Å². The molecule has 5 rings (SSSR count). The quantitative estimate of drug-likeness (QED) is 0.485. The van der Waals surface area contributed by atoms with Crippen LogP contribution in [0.5, 0.6) is 11.5 Å². The third-order valence-electron chi connectivity index (χ3n) is 6.25. The Labute approximate surface area is 188 Å². The maximum Gasteiger partial charge on any atom is 0.161 e. The zero-order valence-electron chi connectivity index (χ0n) is 18.7. The van der Waals surface area contributed by atoms with E-state index in [4.69, 9.17) is 14.5 Å². The Morgan fingerprint density at radius 2 is 1.59 bits per heavy atom. The molecule has 2 aromatic carbocycles. The van der Waals surface area contributed by atoms with Crippen molar-refractivity contribution >= 4 is 16.7 Å². The molecule has 1 fully saturated rings. The van der Waals surface area contributed by atoms with Gasteiger partial charge in [-0.1, -0.05) is 12.1 Å². The van der Waals surface area contributed by atoms with Gasteiger partial charge in [-0.05, 0) is 54.4 Å². The van der Waals surface area contributed by atoms with Gasteiger partial charge in [-0.2, -0.15) is 0 Å². The van der Waals surface area contributed by atoms with Gasteiger partial charge in [0.15, 0.2) is 11.5 Å². The second-order valence-electron chi connectivity index (χ2n) is 8.10. The van der Waals surface area contributed by atoms with Gasteiger partial charge >= 0.3 is 0 Å². The number of H-pyrrole nitrogens is 1. The maximum atomic E-state index is 5.49. The molecule has 0 bridgehead atoms. The number of nitrogens with zero attached hydrogens (tertiary/aromatic N) is 2. The van der Waals surface area contributed by atoms with Crippen molar-refractivity contribution in [3.63, 3.8) is 0 Å². The fourth-order valence-corrected chi connectivity index (χ4v) is 4.44. The number of nitrogens with one attached hydrogen (secondary N) is 2. The number of ether oxygens (including phenoxy) is 2. The summed E-state index contributed by atoms with van der Waals surface area (Å²) < 4.78 is 10.9. The fourth-order valence-electron chi connectivity index (χ4n) is 4.44. The predicted molar refractivity (Wildman–Crippen MR) is 130 cm³/mol. The summed E-state index contributed by atoms with van der Waals surface area (Å²) in [4.78, 5) is 10.7. The molecule has 0 aliphatic carbocycles. The number of aromatic amines is 1. The third kappa shape index (κ3) is 3.67. The Morgan fingerprint density at radius 3 is 2.31 bits per heavy atom. The van der Waals surface area contributed by atoms with Crippen LogP contribution in [0.15, 0.2) is 54.7 Å². The van der Waals surface area contributed by atoms with Gasteiger partial charge in [0.25, 0.3) is 0 Å². The topological polar surface area (TPSA) is 62.4 Å². The first-order valence-corrected chi connectivity index (χ1v) is 10.9. The zero-order chi connectivity index (χ0) is 22.1. The molecule has 1 saturated heterocycles. The molecule has 0 saturated carbocycles. The summed E-state index contributed by atoms with van der Waals surface area (Å²) in [7, 11) is 3.31. The first-order valence-electron chi connectivity index (χ1n) is 10.9. The Kier molecular flexibility index (Phi) is 5.45. The predicted octanol–water partition coefficient (Wildman–Crippen LogP) is 4.63. The Balaban J connectivity index is 1.47. The van der Waals surface area contributed by atoms with Gasteiger partial charge in [0, 0.05) is 60.1 Å². The summed E-state index contributed by atoms with van der Waals surface area (Å²) in [6, 6.07) is 16.9. The maximum absolute atomic E-state index is 5.49. The molecular formula is C26H28N4O2. The Bertz CT molecular complexity index is 1240. The normalized spacial score (nSPS) is 14.0. The number of hydrogen-bond acceptors (Lipinski definition) is 5. The van der Waals surface area contributed by atoms with Crippen LogP contribution in [0, 0.1) is 6.92 Å². The van der Waals surface area contributed by atoms with E-state index >= 15 is 0 Å². The lowest BCUT2D eigenvalue weighted by Crippen LogP contribution is -2.43. The summed E-state index contributed by atoms with van der Waals surface area (Å²) in [5.74, 6) is 2.49. The lowest BCUT2D eigenvalue weighted by Gasteiger charge is -2.28. The molecule has 0 radical (unpaired) electrons. The number of piperazine rings is 1. The van der Waals surface area contributed by atoms with Crippen molar-refractivity contribution in [3.8, 4) is 33.9 Å². The van der Waals surface area contributed by atoms with Crippen molar-refractivity contribution in [2.45, 2.75) is 6.92 Å². The minimum atomic E-state index is 0.722. The van der Waals surface area contributed by atoms with Gasteiger partial charge in [-0.25, -0.2) is 4.98 Å². The second-order valence-corrected chi connectivity index (χ2v) is 8.10. The van der Waals surface area contributed by atoms with Crippen LogP contribution in [0.4, 0.5) is 5.82 Å². The fraction of sp³-hybridized carbons (Fsp3) is 0.269. The Morgan fingerprint density at radius 1 is 0.844 bits per heavy atom. The molecule has 2 N–H and O–H groups in total. The number of pyridine rings is 1. The van der Waals surface area contributed by atoms with Gasteiger partial charge < -0.3 is 24.7 Å². The van der Waals surface area contributed by atoms with Crippen LogP contribution in [-0.2, 0) is 0 Å². The van der Waals surface area contributed by atoms with Crippen LogP contribution in [0.3, 0.4) is 0 Å². The molecule has 2 aromatic heterocycles. The lowest BCUT2D eigenvalue weighted by molar-refractivity contribution is 0.355. The van der Waals surface area contributed by atoms with Gasteiger partial charge in [-0.15, -0.1) is 0 Å². The number of rotatable bonds is 5. The lowest BCUT2D eigenvalue weighted by atomic mass is 10.0. The summed E-state index contributed by atoms with van der Waals surface area (Å²) in [6.07, 6.45) is 1.98. The van der Waals surface area contributed by atoms with Gasteiger partial charge in [0.2, 0.25) is 0 Å². The zero-order valence-corrected chi connectivity index (χ0v) is 18.7. The number of hydrogen-bond donors (Lipinski definition) is 2. The van der Waals surface area contributed by atoms with Crippen LogP contribution >= 0.6 is 0 Å². The highest BCUT2D eigenvalue weighted by Crippen LogP contribution is 2.36. The van der Waals surface area contributed by atoms with E-state index in [-0.39, 0.29) is 0 Å². The van der Waals surface area contributed by atoms with Crippen LogP contribution in [-0.4, -0.2) is 50.4 Å². The summed E-state index contributed by atoms with van der Waals surface area (Å²) in [6.45, 7) is 6.16. The minimum absolute atomic E-state index is 0.722. The number of anilines is 1. The first-order chi connectivity index (χ1) is 15.7. The van der Waals surface area contributed by atoms with Crippen molar-refractivity contribution in [1.82, 2.24) is 15.3 Å². The standard InChI is InChI=1S/C26H28N4O2/c1-17-21-7-4-18(20-6-9-25(28-16-20)30-12-10-27-11-13-30)14-22(21)29-26(17)19-5-8-23(31-2)24(15-19)32-3/h4-9,14-16,27,29H,10-13H2,1-3H3. The van der Waals surface area contributed by atoms with Gasteiger partial charge in [0.05, 0.1) is 14.2 Å². The van der Waals surface area contributed by atoms with E-state index in [9.17, 15) is 0 Å². The highest BCUT2D eigenvalue weighted by atomic mass is 16.5. The molecule has 164 valence electrons. The SMILES string of the molecule is COc1ccc(-c2[nH]c3cc(-c4ccc(N5CCNCC5)nc4)ccc3c2C)cc1OC. The molecule has 0 amide bonds. The van der Waals surface area contributed by atoms with E-state index < -0.39 is 0 Å². The molecule has 6 nitrogen and oxygen atoms in total. The van der Waals surface area contributed by atoms with Crippen LogP contribution in [0.1, 0.15) is 5.56 Å². The van der Waals surface area contributed by atoms with E-state index in [0.717, 1.165) is 71.4 Å². The van der Waals surface area contributed by atoms with Crippen LogP contribution in [0.2, 0.25) is 0 Å². The summed E-state index contributed by atoms with van der Waals surface area (Å²) in [5, 5.41) is 4.59. The number of aryl methyl sites for hydroxylation is 1. The van der Waals surface area contributed by atoms with E-state index in [2.05, 4.69) is 58.5 Å². The second kappa shape index (κ2) is 8.55. The molecule has 6 heteroatoms.